The molecule has 2 rings (SSSR count). The number of aliphatic hydroxyl groups excluding tert-OH is 3. The van der Waals surface area contributed by atoms with Crippen LogP contribution in [-0.4, -0.2) is 57.2 Å². The van der Waals surface area contributed by atoms with Crippen LogP contribution in [0.5, 0.6) is 5.75 Å². The van der Waals surface area contributed by atoms with Crippen LogP contribution in [0.15, 0.2) is 24.3 Å². The average molecular weight is 239 g/mol. The molecule has 4 N–H and O–H groups in total. The number of β-amino-alcohol motifs (C(OH)–C–C–N with tert-alkyl or cyclic N) is 2. The third kappa shape index (κ3) is 2.42. The fourth-order valence-corrected chi connectivity index (χ4v) is 2.33. The molecule has 1 aromatic carbocycles. The van der Waals surface area contributed by atoms with E-state index in [4.69, 9.17) is 5.11 Å². The van der Waals surface area contributed by atoms with Crippen molar-refractivity contribution in [1.82, 2.24) is 4.90 Å². The zero-order valence-corrected chi connectivity index (χ0v) is 9.40. The number of rotatable bonds is 3. The highest BCUT2D eigenvalue weighted by atomic mass is 16.3. The van der Waals surface area contributed by atoms with E-state index in [1.807, 2.05) is 4.90 Å². The van der Waals surface area contributed by atoms with Gasteiger partial charge in [-0.15, -0.1) is 0 Å². The fraction of sp³-hybridized carbons (Fsp3) is 0.500. The number of hydrogen-bond acceptors (Lipinski definition) is 5. The number of phenols is 1. The van der Waals surface area contributed by atoms with Gasteiger partial charge in [0.1, 0.15) is 11.9 Å². The lowest BCUT2D eigenvalue weighted by molar-refractivity contribution is 0.0366. The normalized spacial score (nSPS) is 29.7. The van der Waals surface area contributed by atoms with E-state index >= 15 is 0 Å². The van der Waals surface area contributed by atoms with E-state index in [-0.39, 0.29) is 18.4 Å². The summed E-state index contributed by atoms with van der Waals surface area (Å²) in [5, 5.41) is 37.8. The Morgan fingerprint density at radius 1 is 1.18 bits per heavy atom. The molecule has 3 atom stereocenters. The molecule has 0 radical (unpaired) electrons. The van der Waals surface area contributed by atoms with E-state index in [2.05, 4.69) is 0 Å². The lowest BCUT2D eigenvalue weighted by Gasteiger charge is -2.25. The van der Waals surface area contributed by atoms with Gasteiger partial charge < -0.3 is 20.4 Å². The van der Waals surface area contributed by atoms with Gasteiger partial charge in [-0.1, -0.05) is 12.1 Å². The summed E-state index contributed by atoms with van der Waals surface area (Å²) in [4.78, 5) is 1.84. The predicted octanol–water partition coefficient (Wildman–Crippen LogP) is -0.537. The van der Waals surface area contributed by atoms with Crippen LogP contribution in [0.1, 0.15) is 11.6 Å². The molecule has 1 aliphatic rings. The molecule has 0 amide bonds. The molecule has 0 unspecified atom stereocenters. The fourth-order valence-electron chi connectivity index (χ4n) is 2.33. The van der Waals surface area contributed by atoms with Crippen molar-refractivity contribution in [2.24, 2.45) is 0 Å². The first-order chi connectivity index (χ1) is 8.13. The van der Waals surface area contributed by atoms with Crippen LogP contribution in [0.4, 0.5) is 0 Å². The van der Waals surface area contributed by atoms with E-state index in [1.165, 1.54) is 0 Å². The van der Waals surface area contributed by atoms with Crippen molar-refractivity contribution in [3.63, 3.8) is 0 Å². The van der Waals surface area contributed by atoms with Crippen LogP contribution in [0.25, 0.3) is 0 Å². The van der Waals surface area contributed by atoms with Crippen LogP contribution in [0, 0.1) is 0 Å². The van der Waals surface area contributed by atoms with Crippen molar-refractivity contribution in [2.45, 2.75) is 18.2 Å². The summed E-state index contributed by atoms with van der Waals surface area (Å²) >= 11 is 0. The number of aromatic hydroxyl groups is 1. The third-order valence-corrected chi connectivity index (χ3v) is 3.15. The highest BCUT2D eigenvalue weighted by molar-refractivity contribution is 5.29. The molecule has 5 nitrogen and oxygen atoms in total. The maximum absolute atomic E-state index is 9.94. The van der Waals surface area contributed by atoms with E-state index in [1.54, 1.807) is 24.3 Å². The summed E-state index contributed by atoms with van der Waals surface area (Å²) in [5.74, 6) is 0.162. The lowest BCUT2D eigenvalue weighted by Crippen LogP contribution is -2.30. The molecular formula is C12H17NO4. The number of benzene rings is 1. The molecule has 1 aliphatic heterocycles. The highest BCUT2D eigenvalue weighted by Gasteiger charge is 2.40. The molecule has 0 saturated carbocycles. The van der Waals surface area contributed by atoms with Gasteiger partial charge in [0.25, 0.3) is 0 Å². The largest absolute Gasteiger partial charge is 0.508 e. The van der Waals surface area contributed by atoms with Crippen molar-refractivity contribution in [3.8, 4) is 5.75 Å². The molecule has 1 heterocycles. The quantitative estimate of drug-likeness (QED) is 0.569. The minimum Gasteiger partial charge on any atom is -0.508 e. The van der Waals surface area contributed by atoms with E-state index in [0.717, 1.165) is 5.56 Å². The summed E-state index contributed by atoms with van der Waals surface area (Å²) < 4.78 is 0. The summed E-state index contributed by atoms with van der Waals surface area (Å²) in [6.45, 7) is 0.723. The molecule has 5 heteroatoms. The first kappa shape index (κ1) is 12.3. The summed E-state index contributed by atoms with van der Waals surface area (Å²) in [5.41, 5.74) is 0.820. The minimum absolute atomic E-state index is 0.0198. The molecule has 1 saturated heterocycles. The van der Waals surface area contributed by atoms with Gasteiger partial charge in [0.15, 0.2) is 0 Å². The predicted molar refractivity (Wildman–Crippen MR) is 61.5 cm³/mol. The SMILES string of the molecule is OCCN1C[C@@H](O)[C@@H](O)[C@H]1c1ccc(O)cc1. The highest BCUT2D eigenvalue weighted by Crippen LogP contribution is 2.32. The topological polar surface area (TPSA) is 84.2 Å². The van der Waals surface area contributed by atoms with Crippen molar-refractivity contribution in [3.05, 3.63) is 29.8 Å². The number of nitrogens with zero attached hydrogens (tertiary/aromatic N) is 1. The maximum atomic E-state index is 9.94. The van der Waals surface area contributed by atoms with Gasteiger partial charge >= 0.3 is 0 Å². The van der Waals surface area contributed by atoms with Gasteiger partial charge in [0, 0.05) is 13.1 Å². The van der Waals surface area contributed by atoms with Gasteiger partial charge in [0.2, 0.25) is 0 Å². The Morgan fingerprint density at radius 3 is 2.41 bits per heavy atom. The maximum Gasteiger partial charge on any atom is 0.115 e. The Hall–Kier alpha value is -1.14. The second-order valence-electron chi connectivity index (χ2n) is 4.31. The minimum atomic E-state index is -0.869. The Labute approximate surface area is 99.6 Å². The summed E-state index contributed by atoms with van der Waals surface area (Å²) in [7, 11) is 0. The summed E-state index contributed by atoms with van der Waals surface area (Å²) in [6.07, 6.45) is -1.67. The van der Waals surface area contributed by atoms with Gasteiger partial charge in [-0.25, -0.2) is 0 Å². The van der Waals surface area contributed by atoms with Crippen molar-refractivity contribution in [1.29, 1.82) is 0 Å². The van der Waals surface area contributed by atoms with E-state index < -0.39 is 12.2 Å². The second kappa shape index (κ2) is 5.01. The zero-order chi connectivity index (χ0) is 12.4. The molecule has 0 spiro atoms. The molecule has 94 valence electrons. The Balaban J connectivity index is 2.24. The van der Waals surface area contributed by atoms with Gasteiger partial charge in [0.05, 0.1) is 18.8 Å². The van der Waals surface area contributed by atoms with Crippen LogP contribution in [0.2, 0.25) is 0 Å². The first-order valence-corrected chi connectivity index (χ1v) is 5.63. The van der Waals surface area contributed by atoms with Crippen molar-refractivity contribution >= 4 is 0 Å². The van der Waals surface area contributed by atoms with Crippen molar-refractivity contribution in [2.75, 3.05) is 19.7 Å². The zero-order valence-electron chi connectivity index (χ0n) is 9.40. The molecule has 0 bridgehead atoms. The third-order valence-electron chi connectivity index (χ3n) is 3.15. The Kier molecular flexibility index (Phi) is 3.63. The average Bonchev–Trinajstić information content (AvgIpc) is 2.57. The smallest absolute Gasteiger partial charge is 0.115 e. The van der Waals surface area contributed by atoms with E-state index in [0.29, 0.717) is 13.1 Å². The Bertz CT molecular complexity index is 367. The number of likely N-dealkylation sites (tertiary alicyclic amines) is 1. The number of aliphatic hydroxyl groups is 3. The lowest BCUT2D eigenvalue weighted by atomic mass is 10.0. The van der Waals surface area contributed by atoms with Crippen LogP contribution in [-0.2, 0) is 0 Å². The van der Waals surface area contributed by atoms with Crippen LogP contribution in [0.3, 0.4) is 0 Å². The number of phenolic OH excluding ortho intramolecular Hbond substituents is 1. The van der Waals surface area contributed by atoms with E-state index in [9.17, 15) is 15.3 Å². The van der Waals surface area contributed by atoms with Crippen LogP contribution >= 0.6 is 0 Å². The molecule has 1 fully saturated rings. The monoisotopic (exact) mass is 239 g/mol. The molecule has 0 aliphatic carbocycles. The van der Waals surface area contributed by atoms with Crippen molar-refractivity contribution < 1.29 is 20.4 Å². The van der Waals surface area contributed by atoms with Gasteiger partial charge in [-0.05, 0) is 17.7 Å². The molecular weight excluding hydrogens is 222 g/mol. The van der Waals surface area contributed by atoms with Gasteiger partial charge in [-0.3, -0.25) is 4.90 Å². The summed E-state index contributed by atoms with van der Waals surface area (Å²) in [6, 6.07) is 6.18. The molecule has 0 aromatic heterocycles. The number of hydrogen-bond donors (Lipinski definition) is 4. The molecule has 1 aromatic rings. The standard InChI is InChI=1S/C12H17NO4/c14-6-5-13-7-10(16)12(17)11(13)8-1-3-9(15)4-2-8/h1-4,10-12,14-17H,5-7H2/t10-,11-,12-/m1/s1. The van der Waals surface area contributed by atoms with Crippen LogP contribution < -0.4 is 0 Å². The van der Waals surface area contributed by atoms with Gasteiger partial charge in [-0.2, -0.15) is 0 Å². The Morgan fingerprint density at radius 2 is 1.82 bits per heavy atom. The molecule has 17 heavy (non-hydrogen) atoms. The second-order valence-corrected chi connectivity index (χ2v) is 4.31. The first-order valence-electron chi connectivity index (χ1n) is 5.63.